The van der Waals surface area contributed by atoms with E-state index in [0.29, 0.717) is 13.2 Å². The summed E-state index contributed by atoms with van der Waals surface area (Å²) < 4.78 is 5.57. The molecule has 0 spiro atoms. The molecule has 0 saturated heterocycles. The second kappa shape index (κ2) is 9.77. The van der Waals surface area contributed by atoms with Crippen LogP contribution in [0.3, 0.4) is 0 Å². The van der Waals surface area contributed by atoms with Crippen molar-refractivity contribution in [2.75, 3.05) is 13.2 Å². The number of ether oxygens (including phenoxy) is 1. The first-order chi connectivity index (χ1) is 9.56. The van der Waals surface area contributed by atoms with E-state index in [-0.39, 0.29) is 23.9 Å². The second-order valence-electron chi connectivity index (χ2n) is 5.03. The summed E-state index contributed by atoms with van der Waals surface area (Å²) >= 11 is 0. The lowest BCUT2D eigenvalue weighted by Gasteiger charge is -2.28. The van der Waals surface area contributed by atoms with E-state index >= 15 is 0 Å². The van der Waals surface area contributed by atoms with Gasteiger partial charge in [-0.3, -0.25) is 4.79 Å². The number of carbonyl (C=O) groups excluding carboxylic acids is 1. The van der Waals surface area contributed by atoms with Gasteiger partial charge in [-0.2, -0.15) is 0 Å². The summed E-state index contributed by atoms with van der Waals surface area (Å²) in [7, 11) is 0. The van der Waals surface area contributed by atoms with Gasteiger partial charge in [0.25, 0.3) is 5.91 Å². The van der Waals surface area contributed by atoms with Crippen LogP contribution in [0.15, 0.2) is 30.3 Å². The molecule has 0 saturated carbocycles. The van der Waals surface area contributed by atoms with Gasteiger partial charge in [-0.05, 0) is 25.3 Å². The highest BCUT2D eigenvalue weighted by Crippen LogP contribution is 2.18. The minimum absolute atomic E-state index is 0. The zero-order valence-electron chi connectivity index (χ0n) is 13.1. The van der Waals surface area contributed by atoms with E-state index in [1.165, 1.54) is 0 Å². The number of hydrogen-bond donors (Lipinski definition) is 2. The molecule has 0 bridgehead atoms. The number of hydrogen-bond acceptors (Lipinski definition) is 3. The van der Waals surface area contributed by atoms with E-state index in [4.69, 9.17) is 10.5 Å². The third-order valence-corrected chi connectivity index (χ3v) is 3.70. The van der Waals surface area contributed by atoms with Crippen LogP contribution in [0.1, 0.15) is 45.3 Å². The Kier molecular flexibility index (Phi) is 9.26. The molecular formula is C16H27ClN2O2. The molecule has 21 heavy (non-hydrogen) atoms. The number of benzene rings is 1. The summed E-state index contributed by atoms with van der Waals surface area (Å²) in [6.45, 7) is 6.91. The summed E-state index contributed by atoms with van der Waals surface area (Å²) in [5.41, 5.74) is 6.72. The van der Waals surface area contributed by atoms with Gasteiger partial charge in [-0.25, -0.2) is 0 Å². The van der Waals surface area contributed by atoms with Crippen molar-refractivity contribution < 1.29 is 9.53 Å². The van der Waals surface area contributed by atoms with E-state index in [9.17, 15) is 4.79 Å². The summed E-state index contributed by atoms with van der Waals surface area (Å²) in [5.74, 6) is -0.130. The molecule has 0 aromatic heterocycles. The van der Waals surface area contributed by atoms with E-state index in [1.807, 2.05) is 51.1 Å². The van der Waals surface area contributed by atoms with E-state index < -0.39 is 6.10 Å². The van der Waals surface area contributed by atoms with Gasteiger partial charge in [0.15, 0.2) is 6.10 Å². The molecule has 1 atom stereocenters. The van der Waals surface area contributed by atoms with Gasteiger partial charge in [0.05, 0.1) is 0 Å². The fraction of sp³-hybridized carbons (Fsp3) is 0.562. The van der Waals surface area contributed by atoms with Gasteiger partial charge < -0.3 is 15.8 Å². The summed E-state index contributed by atoms with van der Waals surface area (Å²) in [4.78, 5) is 12.3. The molecule has 0 aliphatic carbocycles. The fourth-order valence-electron chi connectivity index (χ4n) is 1.97. The van der Waals surface area contributed by atoms with E-state index in [0.717, 1.165) is 18.4 Å². The zero-order valence-corrected chi connectivity index (χ0v) is 13.9. The number of carbonyl (C=O) groups is 1. The third-order valence-electron chi connectivity index (χ3n) is 3.70. The molecule has 1 unspecified atom stereocenters. The monoisotopic (exact) mass is 314 g/mol. The molecular weight excluding hydrogens is 288 g/mol. The number of amides is 1. The zero-order chi connectivity index (χ0) is 15.0. The van der Waals surface area contributed by atoms with Crippen LogP contribution in [0.25, 0.3) is 0 Å². The predicted molar refractivity (Wildman–Crippen MR) is 88.6 cm³/mol. The Bertz CT molecular complexity index is 408. The molecule has 1 aromatic carbocycles. The molecule has 0 fully saturated rings. The Morgan fingerprint density at radius 3 is 2.29 bits per heavy atom. The average Bonchev–Trinajstić information content (AvgIpc) is 2.50. The average molecular weight is 315 g/mol. The largest absolute Gasteiger partial charge is 0.364 e. The minimum Gasteiger partial charge on any atom is -0.364 e. The van der Waals surface area contributed by atoms with Gasteiger partial charge in [0, 0.05) is 18.7 Å². The highest BCUT2D eigenvalue weighted by atomic mass is 35.5. The first kappa shape index (κ1) is 19.9. The van der Waals surface area contributed by atoms with Crippen LogP contribution >= 0.6 is 12.4 Å². The van der Waals surface area contributed by atoms with Gasteiger partial charge >= 0.3 is 0 Å². The van der Waals surface area contributed by atoms with Crippen molar-refractivity contribution in [2.24, 2.45) is 5.73 Å². The molecule has 0 radical (unpaired) electrons. The molecule has 3 N–H and O–H groups in total. The van der Waals surface area contributed by atoms with Gasteiger partial charge in [0.1, 0.15) is 0 Å². The quantitative estimate of drug-likeness (QED) is 0.775. The first-order valence-electron chi connectivity index (χ1n) is 7.29. The van der Waals surface area contributed by atoms with Crippen molar-refractivity contribution in [1.29, 1.82) is 0 Å². The van der Waals surface area contributed by atoms with Crippen LogP contribution in [-0.4, -0.2) is 24.6 Å². The second-order valence-corrected chi connectivity index (χ2v) is 5.03. The van der Waals surface area contributed by atoms with Gasteiger partial charge in [-0.15, -0.1) is 12.4 Å². The lowest BCUT2D eigenvalue weighted by Crippen LogP contribution is -2.50. The summed E-state index contributed by atoms with van der Waals surface area (Å²) in [5, 5.41) is 2.92. The normalized spacial score (nSPS) is 12.4. The lowest BCUT2D eigenvalue weighted by molar-refractivity contribution is -0.133. The van der Waals surface area contributed by atoms with Crippen molar-refractivity contribution in [2.45, 2.75) is 45.3 Å². The van der Waals surface area contributed by atoms with Gasteiger partial charge in [-0.1, -0.05) is 44.2 Å². The molecule has 0 aliphatic rings. The highest BCUT2D eigenvalue weighted by molar-refractivity contribution is 5.85. The van der Waals surface area contributed by atoms with Crippen LogP contribution < -0.4 is 11.1 Å². The van der Waals surface area contributed by atoms with Gasteiger partial charge in [0.2, 0.25) is 0 Å². The third kappa shape index (κ3) is 6.04. The summed E-state index contributed by atoms with van der Waals surface area (Å²) in [6.07, 6.45) is 1.09. The Morgan fingerprint density at radius 2 is 1.81 bits per heavy atom. The molecule has 0 heterocycles. The Hall–Kier alpha value is -1.10. The van der Waals surface area contributed by atoms with Crippen LogP contribution in [-0.2, 0) is 9.53 Å². The Morgan fingerprint density at radius 1 is 1.24 bits per heavy atom. The van der Waals surface area contributed by atoms with E-state index in [1.54, 1.807) is 0 Å². The van der Waals surface area contributed by atoms with Crippen LogP contribution in [0, 0.1) is 0 Å². The number of halogens is 1. The maximum Gasteiger partial charge on any atom is 0.253 e. The maximum atomic E-state index is 12.3. The van der Waals surface area contributed by atoms with Crippen molar-refractivity contribution in [3.8, 4) is 0 Å². The number of nitrogens with one attached hydrogen (secondary N) is 1. The van der Waals surface area contributed by atoms with Crippen LogP contribution in [0.2, 0.25) is 0 Å². The standard InChI is InChI=1S/C16H26N2O2.ClH/c1-4-16(17,5-2)12-18-15(19)14(20-6-3)13-10-8-7-9-11-13;/h7-11,14H,4-6,12,17H2,1-3H3,(H,18,19);1H. The molecule has 0 aliphatic heterocycles. The van der Waals surface area contributed by atoms with Crippen molar-refractivity contribution in [3.05, 3.63) is 35.9 Å². The van der Waals surface area contributed by atoms with Crippen molar-refractivity contribution >= 4 is 18.3 Å². The van der Waals surface area contributed by atoms with E-state index in [2.05, 4.69) is 5.32 Å². The first-order valence-corrected chi connectivity index (χ1v) is 7.29. The van der Waals surface area contributed by atoms with Crippen molar-refractivity contribution in [3.63, 3.8) is 0 Å². The van der Waals surface area contributed by atoms with Crippen LogP contribution in [0.5, 0.6) is 0 Å². The predicted octanol–water partition coefficient (Wildman–Crippen LogP) is 2.82. The Balaban J connectivity index is 0.00000400. The minimum atomic E-state index is -0.570. The smallest absolute Gasteiger partial charge is 0.253 e. The molecule has 4 nitrogen and oxygen atoms in total. The molecule has 1 aromatic rings. The fourth-order valence-corrected chi connectivity index (χ4v) is 1.97. The highest BCUT2D eigenvalue weighted by Gasteiger charge is 2.25. The SMILES string of the molecule is CCOC(C(=O)NCC(N)(CC)CC)c1ccccc1.Cl. The molecule has 5 heteroatoms. The molecule has 120 valence electrons. The number of rotatable bonds is 8. The summed E-state index contributed by atoms with van der Waals surface area (Å²) in [6, 6.07) is 9.52. The van der Waals surface area contributed by atoms with Crippen molar-refractivity contribution in [1.82, 2.24) is 5.32 Å². The molecule has 1 rings (SSSR count). The number of nitrogens with two attached hydrogens (primary N) is 1. The molecule has 1 amide bonds. The Labute approximate surface area is 133 Å². The lowest BCUT2D eigenvalue weighted by atomic mass is 9.94. The topological polar surface area (TPSA) is 64.3 Å². The maximum absolute atomic E-state index is 12.3. The van der Waals surface area contributed by atoms with Crippen LogP contribution in [0.4, 0.5) is 0 Å².